The number of benzene rings is 1. The third-order valence-corrected chi connectivity index (χ3v) is 2.00. The summed E-state index contributed by atoms with van der Waals surface area (Å²) in [5.41, 5.74) is 1.01. The zero-order valence-electron chi connectivity index (χ0n) is 9.43. The fraction of sp³-hybridized carbons (Fsp3) is 0.0769. The number of hydrogen-bond acceptors (Lipinski definition) is 2. The maximum atomic E-state index is 10.8. The van der Waals surface area contributed by atoms with Crippen LogP contribution in [-0.4, -0.2) is 16.1 Å². The van der Waals surface area contributed by atoms with E-state index in [1.165, 1.54) is 13.0 Å². The number of rotatable bonds is 1. The lowest BCUT2D eigenvalue weighted by Crippen LogP contribution is -2.01. The summed E-state index contributed by atoms with van der Waals surface area (Å²) >= 11 is 0. The van der Waals surface area contributed by atoms with Gasteiger partial charge in [0.15, 0.2) is 0 Å². The van der Waals surface area contributed by atoms with Crippen molar-refractivity contribution in [1.82, 2.24) is 4.98 Å². The number of carboxylic acid groups (broad SMARTS) is 1. The second-order valence-corrected chi connectivity index (χ2v) is 3.50. The van der Waals surface area contributed by atoms with E-state index in [0.717, 1.165) is 10.9 Å². The Hall–Kier alpha value is -2.36. The van der Waals surface area contributed by atoms with E-state index >= 15 is 0 Å². The number of fused-ring (bicyclic) bond motifs is 1. The second-order valence-electron chi connectivity index (χ2n) is 3.50. The van der Waals surface area contributed by atoms with E-state index in [0.29, 0.717) is 0 Å². The monoisotopic (exact) mass is 231 g/mol. The number of para-hydroxylation sites is 1. The summed E-state index contributed by atoms with van der Waals surface area (Å²) in [6.07, 6.45) is 0. The SMILES string of the molecule is C=C(C)C(=O)O.O=c1ccc2ccccc2[nH]1. The van der Waals surface area contributed by atoms with E-state index in [1.807, 2.05) is 30.3 Å². The number of pyridine rings is 1. The molecule has 2 N–H and O–H groups in total. The van der Waals surface area contributed by atoms with E-state index in [1.54, 1.807) is 0 Å². The Morgan fingerprint density at radius 1 is 1.24 bits per heavy atom. The van der Waals surface area contributed by atoms with Gasteiger partial charge in [-0.15, -0.1) is 0 Å². The Morgan fingerprint density at radius 2 is 1.82 bits per heavy atom. The Balaban J connectivity index is 0.000000209. The van der Waals surface area contributed by atoms with Crippen LogP contribution in [0.25, 0.3) is 10.9 Å². The highest BCUT2D eigenvalue weighted by molar-refractivity contribution is 5.84. The van der Waals surface area contributed by atoms with Crippen molar-refractivity contribution in [2.24, 2.45) is 0 Å². The van der Waals surface area contributed by atoms with Gasteiger partial charge >= 0.3 is 5.97 Å². The van der Waals surface area contributed by atoms with Crippen LogP contribution in [-0.2, 0) is 4.79 Å². The Labute approximate surface area is 98.2 Å². The molecule has 0 fully saturated rings. The molecule has 1 heterocycles. The lowest BCUT2D eigenvalue weighted by Gasteiger charge is -1.93. The van der Waals surface area contributed by atoms with Crippen LogP contribution in [0, 0.1) is 0 Å². The molecule has 2 aromatic rings. The molecule has 0 bridgehead atoms. The van der Waals surface area contributed by atoms with Crippen molar-refractivity contribution in [3.63, 3.8) is 0 Å². The molecule has 4 heteroatoms. The fourth-order valence-electron chi connectivity index (χ4n) is 1.10. The molecule has 0 unspecified atom stereocenters. The van der Waals surface area contributed by atoms with E-state index in [2.05, 4.69) is 11.6 Å². The zero-order valence-corrected chi connectivity index (χ0v) is 9.43. The molecule has 0 aliphatic heterocycles. The van der Waals surface area contributed by atoms with Crippen LogP contribution in [0.2, 0.25) is 0 Å². The van der Waals surface area contributed by atoms with Gasteiger partial charge in [-0.2, -0.15) is 0 Å². The van der Waals surface area contributed by atoms with Crippen LogP contribution < -0.4 is 5.56 Å². The largest absolute Gasteiger partial charge is 0.478 e. The van der Waals surface area contributed by atoms with Crippen molar-refractivity contribution in [1.29, 1.82) is 0 Å². The highest BCUT2D eigenvalue weighted by Gasteiger charge is 1.90. The summed E-state index contributed by atoms with van der Waals surface area (Å²) in [4.78, 5) is 23.2. The Morgan fingerprint density at radius 3 is 2.41 bits per heavy atom. The van der Waals surface area contributed by atoms with Crippen molar-refractivity contribution in [2.45, 2.75) is 6.92 Å². The molecule has 0 saturated heterocycles. The van der Waals surface area contributed by atoms with Gasteiger partial charge in [-0.25, -0.2) is 4.79 Å². The van der Waals surface area contributed by atoms with Gasteiger partial charge in [-0.1, -0.05) is 24.8 Å². The first kappa shape index (κ1) is 12.7. The summed E-state index contributed by atoms with van der Waals surface area (Å²) in [5.74, 6) is -0.935. The first-order chi connectivity index (χ1) is 8.00. The normalized spacial score (nSPS) is 9.24. The highest BCUT2D eigenvalue weighted by Crippen LogP contribution is 2.06. The van der Waals surface area contributed by atoms with Gasteiger partial charge in [0.1, 0.15) is 0 Å². The lowest BCUT2D eigenvalue weighted by atomic mass is 10.2. The molecule has 0 amide bonds. The number of aliphatic carboxylic acids is 1. The van der Waals surface area contributed by atoms with Gasteiger partial charge in [-0.3, -0.25) is 4.79 Å². The molecular weight excluding hydrogens is 218 g/mol. The van der Waals surface area contributed by atoms with Crippen LogP contribution in [0.1, 0.15) is 6.92 Å². The van der Waals surface area contributed by atoms with Crippen molar-refractivity contribution >= 4 is 16.9 Å². The smallest absolute Gasteiger partial charge is 0.330 e. The number of H-pyrrole nitrogens is 1. The van der Waals surface area contributed by atoms with Gasteiger partial charge in [0.25, 0.3) is 0 Å². The second kappa shape index (κ2) is 5.65. The molecule has 0 atom stereocenters. The maximum absolute atomic E-state index is 10.8. The maximum Gasteiger partial charge on any atom is 0.330 e. The van der Waals surface area contributed by atoms with E-state index in [9.17, 15) is 9.59 Å². The molecule has 0 aliphatic rings. The molecular formula is C13H13NO3. The molecule has 17 heavy (non-hydrogen) atoms. The van der Waals surface area contributed by atoms with Gasteiger partial charge in [0.05, 0.1) is 0 Å². The summed E-state index contributed by atoms with van der Waals surface area (Å²) in [6, 6.07) is 11.0. The average Bonchev–Trinajstić information content (AvgIpc) is 2.29. The van der Waals surface area contributed by atoms with Gasteiger partial charge in [0.2, 0.25) is 5.56 Å². The molecule has 0 saturated carbocycles. The minimum Gasteiger partial charge on any atom is -0.478 e. The molecule has 0 radical (unpaired) electrons. The van der Waals surface area contributed by atoms with Crippen molar-refractivity contribution in [3.8, 4) is 0 Å². The third kappa shape index (κ3) is 3.95. The summed E-state index contributed by atoms with van der Waals surface area (Å²) < 4.78 is 0. The van der Waals surface area contributed by atoms with Crippen molar-refractivity contribution < 1.29 is 9.90 Å². The van der Waals surface area contributed by atoms with Crippen molar-refractivity contribution in [3.05, 3.63) is 58.9 Å². The van der Waals surface area contributed by atoms with E-state index in [4.69, 9.17) is 5.11 Å². The van der Waals surface area contributed by atoms with Gasteiger partial charge in [-0.05, 0) is 24.4 Å². The first-order valence-electron chi connectivity index (χ1n) is 4.97. The van der Waals surface area contributed by atoms with Crippen LogP contribution in [0.5, 0.6) is 0 Å². The van der Waals surface area contributed by atoms with Gasteiger partial charge in [0, 0.05) is 17.2 Å². The summed E-state index contributed by atoms with van der Waals surface area (Å²) in [6.45, 7) is 4.60. The number of carbonyl (C=O) groups is 1. The zero-order chi connectivity index (χ0) is 12.8. The third-order valence-electron chi connectivity index (χ3n) is 2.00. The summed E-state index contributed by atoms with van der Waals surface area (Å²) in [5, 5.41) is 8.95. The lowest BCUT2D eigenvalue weighted by molar-refractivity contribution is -0.132. The fourth-order valence-corrected chi connectivity index (χ4v) is 1.10. The van der Waals surface area contributed by atoms with Gasteiger partial charge < -0.3 is 10.1 Å². The average molecular weight is 231 g/mol. The van der Waals surface area contributed by atoms with Crippen LogP contribution in [0.15, 0.2) is 53.3 Å². The minimum atomic E-state index is -0.935. The molecule has 0 aliphatic carbocycles. The molecule has 88 valence electrons. The van der Waals surface area contributed by atoms with Crippen LogP contribution >= 0.6 is 0 Å². The number of hydrogen-bond donors (Lipinski definition) is 2. The molecule has 1 aromatic carbocycles. The molecule has 1 aromatic heterocycles. The highest BCUT2D eigenvalue weighted by atomic mass is 16.4. The molecule has 4 nitrogen and oxygen atoms in total. The number of nitrogens with one attached hydrogen (secondary N) is 1. The Bertz CT molecular complexity index is 587. The van der Waals surface area contributed by atoms with E-state index < -0.39 is 5.97 Å². The standard InChI is InChI=1S/C9H7NO.C4H6O2/c11-9-6-5-7-3-1-2-4-8(7)10-9;1-3(2)4(5)6/h1-6H,(H,10,11);1H2,2H3,(H,5,6). The molecule has 0 spiro atoms. The number of aromatic nitrogens is 1. The Kier molecular flexibility index (Phi) is 4.22. The van der Waals surface area contributed by atoms with Crippen LogP contribution in [0.3, 0.4) is 0 Å². The quantitative estimate of drug-likeness (QED) is 0.739. The van der Waals surface area contributed by atoms with Crippen molar-refractivity contribution in [2.75, 3.05) is 0 Å². The minimum absolute atomic E-state index is 0.0521. The number of carboxylic acids is 1. The van der Waals surface area contributed by atoms with E-state index in [-0.39, 0.29) is 11.1 Å². The van der Waals surface area contributed by atoms with Crippen LogP contribution in [0.4, 0.5) is 0 Å². The number of aromatic amines is 1. The first-order valence-corrected chi connectivity index (χ1v) is 4.97. The topological polar surface area (TPSA) is 70.2 Å². The molecule has 2 rings (SSSR count). The predicted molar refractivity (Wildman–Crippen MR) is 67.0 cm³/mol. The summed E-state index contributed by atoms with van der Waals surface area (Å²) in [7, 11) is 0. The predicted octanol–water partition coefficient (Wildman–Crippen LogP) is 2.18.